The van der Waals surface area contributed by atoms with Gasteiger partial charge in [0.1, 0.15) is 5.82 Å². The molecule has 0 fully saturated rings. The Labute approximate surface area is 145 Å². The number of rotatable bonds is 7. The lowest BCUT2D eigenvalue weighted by molar-refractivity contribution is 0.0948. The Balaban J connectivity index is 2.01. The number of methoxy groups -OCH3 is 1. The van der Waals surface area contributed by atoms with E-state index in [-0.39, 0.29) is 5.91 Å². The molecule has 0 saturated heterocycles. The molecule has 0 radical (unpaired) electrons. The summed E-state index contributed by atoms with van der Waals surface area (Å²) in [4.78, 5) is 16.3. The number of benzene rings is 1. The maximum Gasteiger partial charge on any atom is 0.251 e. The van der Waals surface area contributed by atoms with Crippen LogP contribution in [0.2, 0.25) is 10.0 Å². The monoisotopic (exact) mass is 353 g/mol. The number of halogens is 2. The largest absolute Gasteiger partial charge is 0.385 e. The van der Waals surface area contributed by atoms with Gasteiger partial charge in [0.2, 0.25) is 0 Å². The molecule has 0 bridgehead atoms. The summed E-state index contributed by atoms with van der Waals surface area (Å²) in [5.74, 6) is 0.397. The number of hydrogen-bond acceptors (Lipinski definition) is 4. The Hall–Kier alpha value is -1.82. The van der Waals surface area contributed by atoms with Crippen LogP contribution in [0.25, 0.3) is 0 Å². The maximum atomic E-state index is 12.1. The van der Waals surface area contributed by atoms with Crippen LogP contribution in [-0.2, 0) is 4.74 Å². The summed E-state index contributed by atoms with van der Waals surface area (Å²) < 4.78 is 4.94. The Morgan fingerprint density at radius 2 is 2.04 bits per heavy atom. The van der Waals surface area contributed by atoms with Gasteiger partial charge in [0, 0.05) is 37.7 Å². The van der Waals surface area contributed by atoms with Gasteiger partial charge in [-0.05, 0) is 36.8 Å². The highest BCUT2D eigenvalue weighted by atomic mass is 35.5. The number of hydrogen-bond donors (Lipinski definition) is 2. The number of amides is 1. The predicted molar refractivity (Wildman–Crippen MR) is 92.8 cm³/mol. The molecule has 0 atom stereocenters. The third-order valence-electron chi connectivity index (χ3n) is 3.02. The number of pyridine rings is 1. The summed E-state index contributed by atoms with van der Waals surface area (Å²) in [6, 6.07) is 8.51. The van der Waals surface area contributed by atoms with Gasteiger partial charge in [0.15, 0.2) is 0 Å². The summed E-state index contributed by atoms with van der Waals surface area (Å²) >= 11 is 11.9. The van der Waals surface area contributed by atoms with Crippen molar-refractivity contribution in [2.75, 3.05) is 25.6 Å². The molecule has 1 heterocycles. The van der Waals surface area contributed by atoms with Gasteiger partial charge in [-0.2, -0.15) is 0 Å². The van der Waals surface area contributed by atoms with Crippen molar-refractivity contribution in [3.8, 4) is 0 Å². The zero-order valence-corrected chi connectivity index (χ0v) is 14.1. The maximum absolute atomic E-state index is 12.1. The van der Waals surface area contributed by atoms with E-state index in [1.54, 1.807) is 43.6 Å². The van der Waals surface area contributed by atoms with E-state index in [4.69, 9.17) is 27.9 Å². The molecule has 1 amide bonds. The molecule has 0 spiro atoms. The fourth-order valence-electron chi connectivity index (χ4n) is 1.88. The third-order valence-corrected chi connectivity index (χ3v) is 3.76. The van der Waals surface area contributed by atoms with E-state index in [1.165, 1.54) is 0 Å². The Bertz CT molecular complexity index is 680. The van der Waals surface area contributed by atoms with Gasteiger partial charge in [-0.25, -0.2) is 4.98 Å². The minimum absolute atomic E-state index is 0.152. The van der Waals surface area contributed by atoms with Crippen LogP contribution in [-0.4, -0.2) is 31.2 Å². The van der Waals surface area contributed by atoms with E-state index in [9.17, 15) is 4.79 Å². The molecular formula is C16H17Cl2N3O2. The zero-order valence-electron chi connectivity index (χ0n) is 12.6. The molecular weight excluding hydrogens is 337 g/mol. The fourth-order valence-corrected chi connectivity index (χ4v) is 2.18. The minimum atomic E-state index is -0.152. The summed E-state index contributed by atoms with van der Waals surface area (Å²) in [6.45, 7) is 1.17. The quantitative estimate of drug-likeness (QED) is 0.741. The number of nitrogens with one attached hydrogen (secondary N) is 2. The topological polar surface area (TPSA) is 63.2 Å². The molecule has 7 heteroatoms. The lowest BCUT2D eigenvalue weighted by Gasteiger charge is -2.09. The van der Waals surface area contributed by atoms with Crippen molar-refractivity contribution in [3.05, 3.63) is 52.1 Å². The summed E-state index contributed by atoms with van der Waals surface area (Å²) in [6.07, 6.45) is 2.34. The molecule has 5 nitrogen and oxygen atoms in total. The molecule has 0 unspecified atom stereocenters. The number of ether oxygens (including phenoxy) is 1. The van der Waals surface area contributed by atoms with Crippen molar-refractivity contribution in [2.24, 2.45) is 0 Å². The molecule has 0 aliphatic carbocycles. The molecule has 2 rings (SSSR count). The molecule has 0 saturated carbocycles. The van der Waals surface area contributed by atoms with Crippen LogP contribution in [0, 0.1) is 0 Å². The summed E-state index contributed by atoms with van der Waals surface area (Å²) in [5.41, 5.74) is 1.27. The smallest absolute Gasteiger partial charge is 0.251 e. The van der Waals surface area contributed by atoms with Crippen LogP contribution in [0.1, 0.15) is 16.8 Å². The van der Waals surface area contributed by atoms with E-state index >= 15 is 0 Å². The normalized spacial score (nSPS) is 10.4. The molecule has 2 aromatic rings. The Morgan fingerprint density at radius 3 is 2.78 bits per heavy atom. The minimum Gasteiger partial charge on any atom is -0.385 e. The predicted octanol–water partition coefficient (Wildman–Crippen LogP) is 3.90. The van der Waals surface area contributed by atoms with Crippen LogP contribution >= 0.6 is 23.2 Å². The van der Waals surface area contributed by atoms with E-state index in [2.05, 4.69) is 15.6 Å². The molecule has 1 aromatic heterocycles. The standard InChI is InChI=1S/C16H17Cl2N3O2/c1-23-8-2-6-20-16(22)11-5-7-19-15(9-11)21-12-3-4-13(17)14(18)10-12/h3-5,7,9-10H,2,6,8H2,1H3,(H,19,21)(H,20,22). The van der Waals surface area contributed by atoms with Crippen molar-refractivity contribution < 1.29 is 9.53 Å². The van der Waals surface area contributed by atoms with Crippen LogP contribution in [0.3, 0.4) is 0 Å². The van der Waals surface area contributed by atoms with Crippen molar-refractivity contribution >= 4 is 40.6 Å². The van der Waals surface area contributed by atoms with Crippen LogP contribution in [0.5, 0.6) is 0 Å². The second-order valence-corrected chi connectivity index (χ2v) is 5.60. The summed E-state index contributed by atoms with van der Waals surface area (Å²) in [7, 11) is 1.63. The SMILES string of the molecule is COCCCNC(=O)c1ccnc(Nc2ccc(Cl)c(Cl)c2)c1. The first-order valence-electron chi connectivity index (χ1n) is 7.05. The first-order valence-corrected chi connectivity index (χ1v) is 7.81. The number of carbonyl (C=O) groups is 1. The second kappa shape index (κ2) is 8.72. The van der Waals surface area contributed by atoms with Gasteiger partial charge in [-0.1, -0.05) is 23.2 Å². The van der Waals surface area contributed by atoms with Crippen molar-refractivity contribution in [3.63, 3.8) is 0 Å². The van der Waals surface area contributed by atoms with Crippen LogP contribution in [0.15, 0.2) is 36.5 Å². The molecule has 0 aliphatic rings. The lowest BCUT2D eigenvalue weighted by atomic mass is 10.2. The third kappa shape index (κ3) is 5.39. The van der Waals surface area contributed by atoms with E-state index in [1.807, 2.05) is 0 Å². The first-order chi connectivity index (χ1) is 11.1. The Kier molecular flexibility index (Phi) is 6.65. The van der Waals surface area contributed by atoms with E-state index in [0.717, 1.165) is 12.1 Å². The van der Waals surface area contributed by atoms with Gasteiger partial charge < -0.3 is 15.4 Å². The molecule has 0 aliphatic heterocycles. The Morgan fingerprint density at radius 1 is 1.22 bits per heavy atom. The van der Waals surface area contributed by atoms with Gasteiger partial charge in [-0.3, -0.25) is 4.79 Å². The highest BCUT2D eigenvalue weighted by molar-refractivity contribution is 6.42. The van der Waals surface area contributed by atoms with Gasteiger partial charge in [-0.15, -0.1) is 0 Å². The van der Waals surface area contributed by atoms with Gasteiger partial charge >= 0.3 is 0 Å². The molecule has 2 N–H and O–H groups in total. The highest BCUT2D eigenvalue weighted by Gasteiger charge is 2.07. The second-order valence-electron chi connectivity index (χ2n) is 4.79. The highest BCUT2D eigenvalue weighted by Crippen LogP contribution is 2.26. The fraction of sp³-hybridized carbons (Fsp3) is 0.250. The van der Waals surface area contributed by atoms with Crippen molar-refractivity contribution in [1.29, 1.82) is 0 Å². The van der Waals surface area contributed by atoms with Gasteiger partial charge in [0.25, 0.3) is 5.91 Å². The van der Waals surface area contributed by atoms with Crippen molar-refractivity contribution in [2.45, 2.75) is 6.42 Å². The first kappa shape index (κ1) is 17.5. The molecule has 23 heavy (non-hydrogen) atoms. The zero-order chi connectivity index (χ0) is 16.7. The molecule has 122 valence electrons. The van der Waals surface area contributed by atoms with Gasteiger partial charge in [0.05, 0.1) is 10.0 Å². The number of nitrogens with zero attached hydrogens (tertiary/aromatic N) is 1. The van der Waals surface area contributed by atoms with Crippen LogP contribution in [0.4, 0.5) is 11.5 Å². The lowest BCUT2D eigenvalue weighted by Crippen LogP contribution is -2.25. The number of anilines is 2. The van der Waals surface area contributed by atoms with E-state index in [0.29, 0.717) is 34.6 Å². The number of aromatic nitrogens is 1. The molecule has 1 aromatic carbocycles. The average molecular weight is 354 g/mol. The average Bonchev–Trinajstić information content (AvgIpc) is 2.55. The number of carbonyl (C=O) groups excluding carboxylic acids is 1. The van der Waals surface area contributed by atoms with Crippen LogP contribution < -0.4 is 10.6 Å². The van der Waals surface area contributed by atoms with Crippen molar-refractivity contribution in [1.82, 2.24) is 10.3 Å². The van der Waals surface area contributed by atoms with E-state index < -0.39 is 0 Å². The summed E-state index contributed by atoms with van der Waals surface area (Å²) in [5, 5.41) is 6.85.